The van der Waals surface area contributed by atoms with Crippen LogP contribution in [0.1, 0.15) is 17.0 Å². The molecule has 0 saturated heterocycles. The lowest BCUT2D eigenvalue weighted by atomic mass is 9.97. The van der Waals surface area contributed by atoms with Gasteiger partial charge in [0.1, 0.15) is 6.61 Å². The molecule has 0 heterocycles. The minimum atomic E-state index is -2.22. The van der Waals surface area contributed by atoms with E-state index in [0.29, 0.717) is 0 Å². The summed E-state index contributed by atoms with van der Waals surface area (Å²) in [5.74, 6) is -2.65. The molecule has 0 saturated carbocycles. The third-order valence-corrected chi connectivity index (χ3v) is 4.46. The van der Waals surface area contributed by atoms with E-state index in [-0.39, 0.29) is 12.5 Å². The first-order valence-electron chi connectivity index (χ1n) is 7.85. The van der Waals surface area contributed by atoms with Crippen molar-refractivity contribution in [3.05, 3.63) is 59.7 Å². The highest BCUT2D eigenvalue weighted by Crippen LogP contribution is 2.44. The summed E-state index contributed by atoms with van der Waals surface area (Å²) in [6, 6.07) is 15.8. The molecule has 130 valence electrons. The standard InChI is InChI=1S/C19H19NO5/c1-24-11-19(20,17(21)22)18(23)25-10-16-14-8-4-2-6-12(14)13-7-3-5-9-15(13)16/h2-9,16H,10-11,20H2,1H3,(H,21,22). The quantitative estimate of drug-likeness (QED) is 0.614. The van der Waals surface area contributed by atoms with Crippen molar-refractivity contribution in [1.29, 1.82) is 0 Å². The van der Waals surface area contributed by atoms with Gasteiger partial charge in [0.05, 0.1) is 6.61 Å². The summed E-state index contributed by atoms with van der Waals surface area (Å²) < 4.78 is 10.1. The summed E-state index contributed by atoms with van der Waals surface area (Å²) in [6.45, 7) is -0.443. The van der Waals surface area contributed by atoms with Crippen molar-refractivity contribution in [2.45, 2.75) is 11.5 Å². The fraction of sp³-hybridized carbons (Fsp3) is 0.263. The number of hydrogen-bond donors (Lipinski definition) is 2. The zero-order valence-corrected chi connectivity index (χ0v) is 13.8. The van der Waals surface area contributed by atoms with E-state index >= 15 is 0 Å². The molecule has 0 spiro atoms. The average Bonchev–Trinajstić information content (AvgIpc) is 2.93. The first-order chi connectivity index (χ1) is 12.0. The molecule has 2 aromatic rings. The van der Waals surface area contributed by atoms with Crippen molar-refractivity contribution in [2.75, 3.05) is 20.3 Å². The summed E-state index contributed by atoms with van der Waals surface area (Å²) in [5.41, 5.74) is 7.72. The molecular formula is C19H19NO5. The highest BCUT2D eigenvalue weighted by molar-refractivity contribution is 6.04. The van der Waals surface area contributed by atoms with Crippen LogP contribution in [0.5, 0.6) is 0 Å². The predicted octanol–water partition coefficient (Wildman–Crippen LogP) is 1.77. The Kier molecular flexibility index (Phi) is 4.57. The van der Waals surface area contributed by atoms with Gasteiger partial charge in [-0.1, -0.05) is 48.5 Å². The predicted molar refractivity (Wildman–Crippen MR) is 91.1 cm³/mol. The third-order valence-electron chi connectivity index (χ3n) is 4.46. The summed E-state index contributed by atoms with van der Waals surface area (Å²) in [6.07, 6.45) is 0. The second-order valence-electron chi connectivity index (χ2n) is 6.04. The molecule has 1 unspecified atom stereocenters. The molecule has 0 fully saturated rings. The van der Waals surface area contributed by atoms with Crippen LogP contribution in [0.3, 0.4) is 0 Å². The molecule has 1 aliphatic carbocycles. The Morgan fingerprint density at radius 1 is 1.08 bits per heavy atom. The average molecular weight is 341 g/mol. The second kappa shape index (κ2) is 6.66. The SMILES string of the molecule is COCC(N)(C(=O)O)C(=O)OCC1c2ccccc2-c2ccccc21. The number of carbonyl (C=O) groups excluding carboxylic acids is 1. The van der Waals surface area contributed by atoms with Gasteiger partial charge < -0.3 is 20.3 Å². The second-order valence-corrected chi connectivity index (χ2v) is 6.04. The van der Waals surface area contributed by atoms with Gasteiger partial charge in [0.25, 0.3) is 0 Å². The van der Waals surface area contributed by atoms with Crippen molar-refractivity contribution in [1.82, 2.24) is 0 Å². The number of ether oxygens (including phenoxy) is 2. The maximum atomic E-state index is 12.3. The molecule has 0 radical (unpaired) electrons. The molecule has 25 heavy (non-hydrogen) atoms. The Hall–Kier alpha value is -2.70. The largest absolute Gasteiger partial charge is 0.479 e. The summed E-state index contributed by atoms with van der Waals surface area (Å²) in [7, 11) is 1.28. The lowest BCUT2D eigenvalue weighted by Gasteiger charge is -2.23. The Labute approximate surface area is 145 Å². The molecule has 0 bridgehead atoms. The van der Waals surface area contributed by atoms with Gasteiger partial charge in [0, 0.05) is 13.0 Å². The van der Waals surface area contributed by atoms with Crippen LogP contribution in [0.2, 0.25) is 0 Å². The zero-order valence-electron chi connectivity index (χ0n) is 13.8. The fourth-order valence-electron chi connectivity index (χ4n) is 3.16. The molecule has 6 nitrogen and oxygen atoms in total. The number of rotatable bonds is 6. The molecule has 3 rings (SSSR count). The molecule has 6 heteroatoms. The van der Waals surface area contributed by atoms with Crippen LogP contribution in [-0.4, -0.2) is 42.9 Å². The van der Waals surface area contributed by atoms with Crippen LogP contribution in [0, 0.1) is 0 Å². The van der Waals surface area contributed by atoms with Crippen molar-refractivity contribution < 1.29 is 24.2 Å². The highest BCUT2D eigenvalue weighted by atomic mass is 16.5. The van der Waals surface area contributed by atoms with E-state index in [0.717, 1.165) is 22.3 Å². The van der Waals surface area contributed by atoms with E-state index in [4.69, 9.17) is 15.2 Å². The summed E-state index contributed by atoms with van der Waals surface area (Å²) in [4.78, 5) is 23.6. The molecule has 0 amide bonds. The van der Waals surface area contributed by atoms with Crippen LogP contribution in [-0.2, 0) is 19.1 Å². The highest BCUT2D eigenvalue weighted by Gasteiger charge is 2.45. The van der Waals surface area contributed by atoms with E-state index in [1.54, 1.807) is 0 Å². The Balaban J connectivity index is 1.84. The van der Waals surface area contributed by atoms with Crippen LogP contribution in [0.25, 0.3) is 11.1 Å². The molecule has 0 aromatic heterocycles. The van der Waals surface area contributed by atoms with Gasteiger partial charge in [-0.05, 0) is 22.3 Å². The Morgan fingerprint density at radius 2 is 1.60 bits per heavy atom. The molecular weight excluding hydrogens is 322 g/mol. The van der Waals surface area contributed by atoms with Crippen LogP contribution >= 0.6 is 0 Å². The lowest BCUT2D eigenvalue weighted by molar-refractivity contribution is -0.164. The van der Waals surface area contributed by atoms with E-state index in [1.165, 1.54) is 7.11 Å². The van der Waals surface area contributed by atoms with Crippen LogP contribution in [0.15, 0.2) is 48.5 Å². The van der Waals surface area contributed by atoms with Gasteiger partial charge in [0.15, 0.2) is 0 Å². The maximum absolute atomic E-state index is 12.3. The van der Waals surface area contributed by atoms with Crippen molar-refractivity contribution in [3.63, 3.8) is 0 Å². The number of carbonyl (C=O) groups is 2. The number of hydrogen-bond acceptors (Lipinski definition) is 5. The number of methoxy groups -OCH3 is 1. The number of carboxylic acids is 1. The molecule has 2 aromatic carbocycles. The van der Waals surface area contributed by atoms with Crippen molar-refractivity contribution >= 4 is 11.9 Å². The number of aliphatic carboxylic acids is 1. The Morgan fingerprint density at radius 3 is 2.08 bits per heavy atom. The molecule has 0 aliphatic heterocycles. The van der Waals surface area contributed by atoms with Gasteiger partial charge in [-0.25, -0.2) is 9.59 Å². The van der Waals surface area contributed by atoms with Crippen molar-refractivity contribution in [3.8, 4) is 11.1 Å². The van der Waals surface area contributed by atoms with Gasteiger partial charge in [-0.3, -0.25) is 0 Å². The normalized spacial score (nSPS) is 15.1. The van der Waals surface area contributed by atoms with Gasteiger partial charge in [-0.2, -0.15) is 0 Å². The molecule has 1 aliphatic rings. The monoisotopic (exact) mass is 341 g/mol. The smallest absolute Gasteiger partial charge is 0.340 e. The van der Waals surface area contributed by atoms with E-state index < -0.39 is 24.1 Å². The lowest BCUT2D eigenvalue weighted by Crippen LogP contribution is -2.59. The number of carboxylic acid groups (broad SMARTS) is 1. The van der Waals surface area contributed by atoms with E-state index in [2.05, 4.69) is 0 Å². The maximum Gasteiger partial charge on any atom is 0.340 e. The minimum absolute atomic E-state index is 0.0167. The Bertz CT molecular complexity index is 773. The number of nitrogens with two attached hydrogens (primary N) is 1. The number of esters is 1. The first-order valence-corrected chi connectivity index (χ1v) is 7.85. The summed E-state index contributed by atoms with van der Waals surface area (Å²) >= 11 is 0. The number of fused-ring (bicyclic) bond motifs is 3. The molecule has 1 atom stereocenters. The van der Waals surface area contributed by atoms with Crippen LogP contribution < -0.4 is 5.73 Å². The van der Waals surface area contributed by atoms with Crippen molar-refractivity contribution in [2.24, 2.45) is 5.73 Å². The van der Waals surface area contributed by atoms with E-state index in [1.807, 2.05) is 48.5 Å². The molecule has 3 N–H and O–H groups in total. The van der Waals surface area contributed by atoms with Gasteiger partial charge >= 0.3 is 11.9 Å². The topological polar surface area (TPSA) is 98.9 Å². The third kappa shape index (κ3) is 2.90. The minimum Gasteiger partial charge on any atom is -0.479 e. The van der Waals surface area contributed by atoms with E-state index in [9.17, 15) is 14.7 Å². The van der Waals surface area contributed by atoms with Gasteiger partial charge in [0.2, 0.25) is 5.54 Å². The number of benzene rings is 2. The summed E-state index contributed by atoms with van der Waals surface area (Å²) in [5, 5.41) is 9.24. The van der Waals surface area contributed by atoms with Crippen LogP contribution in [0.4, 0.5) is 0 Å². The zero-order chi connectivity index (χ0) is 18.0. The fourth-order valence-corrected chi connectivity index (χ4v) is 3.16. The van der Waals surface area contributed by atoms with Gasteiger partial charge in [-0.15, -0.1) is 0 Å². The first kappa shape index (κ1) is 17.1.